The molecule has 0 bridgehead atoms. The van der Waals surface area contributed by atoms with Gasteiger partial charge in [0.05, 0.1) is 5.54 Å². The molecule has 0 saturated heterocycles. The fraction of sp³-hybridized carbons (Fsp3) is 0.929. The zero-order chi connectivity index (χ0) is 11.8. The van der Waals surface area contributed by atoms with Crippen LogP contribution in [0.4, 0.5) is 0 Å². The molecule has 92 valence electrons. The summed E-state index contributed by atoms with van der Waals surface area (Å²) < 4.78 is 0. The summed E-state index contributed by atoms with van der Waals surface area (Å²) >= 11 is 0. The second-order valence-electron chi connectivity index (χ2n) is 5.98. The third kappa shape index (κ3) is 2.17. The molecule has 0 heterocycles. The molecule has 2 nitrogen and oxygen atoms in total. The predicted octanol–water partition coefficient (Wildman–Crippen LogP) is 2.90. The zero-order valence-electron chi connectivity index (χ0n) is 10.7. The maximum absolute atomic E-state index is 12.5. The lowest BCUT2D eigenvalue weighted by atomic mass is 9.70. The van der Waals surface area contributed by atoms with Gasteiger partial charge in [-0.2, -0.15) is 0 Å². The Morgan fingerprint density at radius 3 is 2.44 bits per heavy atom. The Labute approximate surface area is 99.0 Å². The Morgan fingerprint density at radius 1 is 1.25 bits per heavy atom. The molecule has 2 fully saturated rings. The van der Waals surface area contributed by atoms with E-state index >= 15 is 0 Å². The van der Waals surface area contributed by atoms with Crippen molar-refractivity contribution in [3.63, 3.8) is 0 Å². The number of hydrogen-bond acceptors (Lipinski definition) is 2. The molecule has 0 aromatic heterocycles. The first kappa shape index (κ1) is 12.1. The Kier molecular flexibility index (Phi) is 3.39. The van der Waals surface area contributed by atoms with Crippen LogP contribution in [0.3, 0.4) is 0 Å². The van der Waals surface area contributed by atoms with Gasteiger partial charge in [-0.1, -0.05) is 26.2 Å². The molecule has 0 aromatic carbocycles. The van der Waals surface area contributed by atoms with Crippen LogP contribution in [0.5, 0.6) is 0 Å². The molecule has 0 aliphatic heterocycles. The van der Waals surface area contributed by atoms with Crippen molar-refractivity contribution in [1.82, 2.24) is 0 Å². The summed E-state index contributed by atoms with van der Waals surface area (Å²) in [5, 5.41) is 0. The molecule has 2 N–H and O–H groups in total. The van der Waals surface area contributed by atoms with E-state index in [0.717, 1.165) is 25.7 Å². The molecule has 2 aliphatic rings. The van der Waals surface area contributed by atoms with Crippen molar-refractivity contribution in [2.75, 3.05) is 0 Å². The quantitative estimate of drug-likeness (QED) is 0.796. The van der Waals surface area contributed by atoms with Gasteiger partial charge in [0.15, 0.2) is 5.78 Å². The van der Waals surface area contributed by atoms with E-state index in [4.69, 9.17) is 5.73 Å². The Balaban J connectivity index is 2.06. The summed E-state index contributed by atoms with van der Waals surface area (Å²) in [5.41, 5.74) is 5.73. The van der Waals surface area contributed by atoms with Gasteiger partial charge in [0.1, 0.15) is 0 Å². The van der Waals surface area contributed by atoms with Gasteiger partial charge in [-0.05, 0) is 44.4 Å². The zero-order valence-corrected chi connectivity index (χ0v) is 10.7. The largest absolute Gasteiger partial charge is 0.319 e. The second kappa shape index (κ2) is 4.48. The van der Waals surface area contributed by atoms with Gasteiger partial charge < -0.3 is 5.73 Å². The number of Topliss-reactive ketones (excluding diaryl/α,β-unsaturated/α-hetero) is 1. The van der Waals surface area contributed by atoms with Crippen LogP contribution < -0.4 is 5.73 Å². The van der Waals surface area contributed by atoms with Crippen molar-refractivity contribution in [2.45, 2.75) is 64.3 Å². The molecule has 0 aromatic rings. The summed E-state index contributed by atoms with van der Waals surface area (Å²) in [6, 6.07) is 0. The molecule has 16 heavy (non-hydrogen) atoms. The first-order chi connectivity index (χ1) is 7.57. The van der Waals surface area contributed by atoms with Gasteiger partial charge in [-0.15, -0.1) is 0 Å². The summed E-state index contributed by atoms with van der Waals surface area (Å²) in [4.78, 5) is 12.5. The van der Waals surface area contributed by atoms with Crippen LogP contribution in [-0.2, 0) is 4.79 Å². The third-order valence-corrected chi connectivity index (χ3v) is 4.73. The molecule has 0 amide bonds. The van der Waals surface area contributed by atoms with Gasteiger partial charge in [-0.3, -0.25) is 4.79 Å². The lowest BCUT2D eigenvalue weighted by Crippen LogP contribution is -2.51. The standard InChI is InChI=1S/C14H25NO/c1-3-10-6-4-5-7-12(10)13(16)14(2,15)11-8-9-11/h10-12H,3-9,15H2,1-2H3. The van der Waals surface area contributed by atoms with Crippen LogP contribution in [0.15, 0.2) is 0 Å². The van der Waals surface area contributed by atoms with Crippen LogP contribution in [-0.4, -0.2) is 11.3 Å². The fourth-order valence-corrected chi connectivity index (χ4v) is 3.33. The second-order valence-corrected chi connectivity index (χ2v) is 5.98. The lowest BCUT2D eigenvalue weighted by Gasteiger charge is -2.35. The topological polar surface area (TPSA) is 43.1 Å². The minimum absolute atomic E-state index is 0.259. The van der Waals surface area contributed by atoms with Crippen LogP contribution in [0.1, 0.15) is 58.8 Å². The van der Waals surface area contributed by atoms with Gasteiger partial charge >= 0.3 is 0 Å². The molecular formula is C14H25NO. The van der Waals surface area contributed by atoms with Crippen LogP contribution >= 0.6 is 0 Å². The smallest absolute Gasteiger partial charge is 0.155 e. The van der Waals surface area contributed by atoms with E-state index in [9.17, 15) is 4.79 Å². The predicted molar refractivity (Wildman–Crippen MR) is 66.1 cm³/mol. The van der Waals surface area contributed by atoms with Gasteiger partial charge in [0, 0.05) is 5.92 Å². The number of hydrogen-bond donors (Lipinski definition) is 1. The highest BCUT2D eigenvalue weighted by atomic mass is 16.1. The van der Waals surface area contributed by atoms with E-state index in [2.05, 4.69) is 6.92 Å². The number of carbonyl (C=O) groups is 1. The van der Waals surface area contributed by atoms with E-state index in [0.29, 0.717) is 17.6 Å². The van der Waals surface area contributed by atoms with E-state index in [1.807, 2.05) is 6.92 Å². The first-order valence-electron chi connectivity index (χ1n) is 6.90. The average Bonchev–Trinajstić information content (AvgIpc) is 3.12. The average molecular weight is 223 g/mol. The number of carbonyl (C=O) groups excluding carboxylic acids is 1. The maximum atomic E-state index is 12.5. The summed E-state index contributed by atoms with van der Waals surface area (Å²) in [7, 11) is 0. The van der Waals surface area contributed by atoms with Crippen LogP contribution in [0.2, 0.25) is 0 Å². The molecule has 3 unspecified atom stereocenters. The summed E-state index contributed by atoms with van der Waals surface area (Å²) in [6.07, 6.45) is 8.27. The van der Waals surface area contributed by atoms with E-state index in [1.54, 1.807) is 0 Å². The molecule has 2 aliphatic carbocycles. The Bertz CT molecular complexity index is 268. The SMILES string of the molecule is CCC1CCCCC1C(=O)C(C)(N)C1CC1. The third-order valence-electron chi connectivity index (χ3n) is 4.73. The number of ketones is 1. The molecular weight excluding hydrogens is 198 g/mol. The highest BCUT2D eigenvalue weighted by Crippen LogP contribution is 2.43. The van der Waals surface area contributed by atoms with E-state index in [1.165, 1.54) is 19.3 Å². The molecule has 0 radical (unpaired) electrons. The van der Waals surface area contributed by atoms with Crippen molar-refractivity contribution in [3.8, 4) is 0 Å². The van der Waals surface area contributed by atoms with E-state index in [-0.39, 0.29) is 5.92 Å². The molecule has 2 saturated carbocycles. The molecule has 2 rings (SSSR count). The monoisotopic (exact) mass is 223 g/mol. The summed E-state index contributed by atoms with van der Waals surface area (Å²) in [6.45, 7) is 4.18. The molecule has 3 atom stereocenters. The van der Waals surface area contributed by atoms with Crippen molar-refractivity contribution in [1.29, 1.82) is 0 Å². The molecule has 0 spiro atoms. The normalized spacial score (nSPS) is 34.4. The first-order valence-corrected chi connectivity index (χ1v) is 6.90. The van der Waals surface area contributed by atoms with Crippen molar-refractivity contribution < 1.29 is 4.79 Å². The van der Waals surface area contributed by atoms with Crippen LogP contribution in [0.25, 0.3) is 0 Å². The van der Waals surface area contributed by atoms with Gasteiger partial charge in [-0.25, -0.2) is 0 Å². The van der Waals surface area contributed by atoms with Gasteiger partial charge in [0.25, 0.3) is 0 Å². The van der Waals surface area contributed by atoms with Gasteiger partial charge in [0.2, 0.25) is 0 Å². The summed E-state index contributed by atoms with van der Waals surface area (Å²) in [5.74, 6) is 1.69. The molecule has 2 heteroatoms. The Morgan fingerprint density at radius 2 is 1.88 bits per heavy atom. The maximum Gasteiger partial charge on any atom is 0.155 e. The van der Waals surface area contributed by atoms with Crippen molar-refractivity contribution in [2.24, 2.45) is 23.5 Å². The number of rotatable bonds is 4. The van der Waals surface area contributed by atoms with Crippen molar-refractivity contribution in [3.05, 3.63) is 0 Å². The van der Waals surface area contributed by atoms with Crippen LogP contribution in [0, 0.1) is 17.8 Å². The number of nitrogens with two attached hydrogens (primary N) is 1. The highest BCUT2D eigenvalue weighted by Gasteiger charge is 2.47. The minimum atomic E-state index is -0.532. The van der Waals surface area contributed by atoms with Crippen molar-refractivity contribution >= 4 is 5.78 Å². The lowest BCUT2D eigenvalue weighted by molar-refractivity contribution is -0.131. The Hall–Kier alpha value is -0.370. The minimum Gasteiger partial charge on any atom is -0.319 e. The fourth-order valence-electron chi connectivity index (χ4n) is 3.33. The van der Waals surface area contributed by atoms with E-state index < -0.39 is 5.54 Å². The highest BCUT2D eigenvalue weighted by molar-refractivity contribution is 5.90.